The number of likely N-dealkylation sites (tertiary alicyclic amines) is 1. The first-order valence-corrected chi connectivity index (χ1v) is 7.85. The van der Waals surface area contributed by atoms with Gasteiger partial charge in [0.2, 0.25) is 0 Å². The van der Waals surface area contributed by atoms with Crippen LogP contribution in [-0.4, -0.2) is 60.8 Å². The molecule has 104 valence electrons. The molecule has 2 aliphatic heterocycles. The van der Waals surface area contributed by atoms with Gasteiger partial charge in [-0.15, -0.1) is 0 Å². The van der Waals surface area contributed by atoms with E-state index < -0.39 is 0 Å². The molecule has 3 heteroatoms. The minimum atomic E-state index is 0.443. The summed E-state index contributed by atoms with van der Waals surface area (Å²) in [5, 5.41) is 0. The summed E-state index contributed by atoms with van der Waals surface area (Å²) < 4.78 is 5.49. The molecule has 3 rings (SSSR count). The van der Waals surface area contributed by atoms with Crippen molar-refractivity contribution in [3.8, 4) is 0 Å². The lowest BCUT2D eigenvalue weighted by Crippen LogP contribution is -2.57. The molecule has 1 saturated carbocycles. The lowest BCUT2D eigenvalue weighted by atomic mass is 9.86. The van der Waals surface area contributed by atoms with Crippen molar-refractivity contribution in [2.75, 3.05) is 39.4 Å². The molecule has 0 unspecified atom stereocenters. The summed E-state index contributed by atoms with van der Waals surface area (Å²) in [5.41, 5.74) is 0.443. The quantitative estimate of drug-likeness (QED) is 0.748. The Hall–Kier alpha value is -0.120. The summed E-state index contributed by atoms with van der Waals surface area (Å²) in [6.45, 7) is 9.26. The van der Waals surface area contributed by atoms with E-state index in [2.05, 4.69) is 16.7 Å². The zero-order chi connectivity index (χ0) is 12.4. The Morgan fingerprint density at radius 3 is 2.17 bits per heavy atom. The molecule has 3 aliphatic rings. The molecule has 2 heterocycles. The van der Waals surface area contributed by atoms with Gasteiger partial charge in [-0.05, 0) is 32.6 Å². The summed E-state index contributed by atoms with van der Waals surface area (Å²) in [7, 11) is 0. The number of nitrogens with zero attached hydrogens (tertiary/aromatic N) is 2. The third kappa shape index (κ3) is 2.59. The molecule has 2 saturated heterocycles. The molecule has 0 amide bonds. The summed E-state index contributed by atoms with van der Waals surface area (Å²) in [6.07, 6.45) is 8.53. The molecule has 1 aliphatic carbocycles. The molecule has 0 radical (unpaired) electrons. The van der Waals surface area contributed by atoms with Crippen molar-refractivity contribution in [2.45, 2.75) is 57.0 Å². The molecular formula is C15H28N2O. The Kier molecular flexibility index (Phi) is 3.92. The summed E-state index contributed by atoms with van der Waals surface area (Å²) in [6, 6.07) is 0.916. The van der Waals surface area contributed by atoms with Crippen LogP contribution in [0.15, 0.2) is 0 Å². The van der Waals surface area contributed by atoms with Gasteiger partial charge in [0, 0.05) is 37.8 Å². The predicted octanol–water partition coefficient (Wildman–Crippen LogP) is 2.12. The van der Waals surface area contributed by atoms with Crippen LogP contribution in [0.4, 0.5) is 0 Å². The summed E-state index contributed by atoms with van der Waals surface area (Å²) in [4.78, 5) is 5.46. The maximum Gasteiger partial charge on any atom is 0.0594 e. The fourth-order valence-electron chi connectivity index (χ4n) is 4.06. The van der Waals surface area contributed by atoms with Crippen molar-refractivity contribution < 1.29 is 4.74 Å². The highest BCUT2D eigenvalue weighted by molar-refractivity contribution is 4.94. The van der Waals surface area contributed by atoms with Crippen molar-refractivity contribution >= 4 is 0 Å². The second-order valence-corrected chi connectivity index (χ2v) is 6.57. The van der Waals surface area contributed by atoms with Gasteiger partial charge in [0.15, 0.2) is 0 Å². The smallest absolute Gasteiger partial charge is 0.0594 e. The number of hydrogen-bond acceptors (Lipinski definition) is 3. The van der Waals surface area contributed by atoms with Crippen LogP contribution in [0.2, 0.25) is 0 Å². The van der Waals surface area contributed by atoms with Gasteiger partial charge >= 0.3 is 0 Å². The Labute approximate surface area is 111 Å². The van der Waals surface area contributed by atoms with Crippen molar-refractivity contribution in [1.82, 2.24) is 9.80 Å². The molecule has 3 nitrogen and oxygen atoms in total. The van der Waals surface area contributed by atoms with E-state index in [1.54, 1.807) is 0 Å². The predicted molar refractivity (Wildman–Crippen MR) is 73.9 cm³/mol. The number of piperidine rings is 1. The molecule has 18 heavy (non-hydrogen) atoms. The van der Waals surface area contributed by atoms with Gasteiger partial charge in [0.1, 0.15) is 0 Å². The Morgan fingerprint density at radius 1 is 0.944 bits per heavy atom. The molecule has 0 N–H and O–H groups in total. The Balaban J connectivity index is 1.54. The Bertz CT molecular complexity index is 262. The molecular weight excluding hydrogens is 224 g/mol. The van der Waals surface area contributed by atoms with Crippen LogP contribution < -0.4 is 0 Å². The maximum absolute atomic E-state index is 5.49. The topological polar surface area (TPSA) is 15.7 Å². The molecule has 0 spiro atoms. The summed E-state index contributed by atoms with van der Waals surface area (Å²) >= 11 is 0. The van der Waals surface area contributed by atoms with Crippen molar-refractivity contribution in [3.05, 3.63) is 0 Å². The first-order valence-electron chi connectivity index (χ1n) is 7.85. The van der Waals surface area contributed by atoms with Gasteiger partial charge in [-0.1, -0.05) is 12.8 Å². The van der Waals surface area contributed by atoms with Crippen LogP contribution in [0.25, 0.3) is 0 Å². The van der Waals surface area contributed by atoms with E-state index in [4.69, 9.17) is 4.74 Å². The van der Waals surface area contributed by atoms with Crippen LogP contribution >= 0.6 is 0 Å². The number of hydrogen-bond donors (Lipinski definition) is 0. The van der Waals surface area contributed by atoms with Crippen molar-refractivity contribution in [3.63, 3.8) is 0 Å². The van der Waals surface area contributed by atoms with Gasteiger partial charge in [-0.2, -0.15) is 0 Å². The Morgan fingerprint density at radius 2 is 1.56 bits per heavy atom. The molecule has 0 aromatic heterocycles. The minimum absolute atomic E-state index is 0.443. The number of morpholine rings is 1. The second-order valence-electron chi connectivity index (χ2n) is 6.57. The average Bonchev–Trinajstić information content (AvgIpc) is 2.95. The van der Waals surface area contributed by atoms with E-state index in [1.807, 2.05) is 0 Å². The number of ether oxygens (including phenoxy) is 1. The molecule has 0 aromatic rings. The first kappa shape index (κ1) is 12.9. The molecule has 0 aromatic carbocycles. The molecule has 3 fully saturated rings. The fraction of sp³-hybridized carbons (Fsp3) is 1.00. The highest BCUT2D eigenvalue weighted by atomic mass is 16.5. The van der Waals surface area contributed by atoms with Gasteiger partial charge in [-0.3, -0.25) is 4.90 Å². The van der Waals surface area contributed by atoms with E-state index >= 15 is 0 Å². The largest absolute Gasteiger partial charge is 0.379 e. The standard InChI is InChI=1S/C15H28N2O/c1-15(17-10-12-18-13-11-17)6-8-16(9-7-15)14-4-2-3-5-14/h14H,2-13H2,1H3. The number of rotatable bonds is 2. The van der Waals surface area contributed by atoms with Crippen molar-refractivity contribution in [2.24, 2.45) is 0 Å². The van der Waals surface area contributed by atoms with Crippen molar-refractivity contribution in [1.29, 1.82) is 0 Å². The third-order valence-electron chi connectivity index (χ3n) is 5.49. The van der Waals surface area contributed by atoms with Crippen LogP contribution in [0, 0.1) is 0 Å². The van der Waals surface area contributed by atoms with E-state index in [0.29, 0.717) is 5.54 Å². The van der Waals surface area contributed by atoms with Gasteiger partial charge in [0.25, 0.3) is 0 Å². The highest BCUT2D eigenvalue weighted by Crippen LogP contribution is 2.33. The first-order chi connectivity index (χ1) is 8.78. The monoisotopic (exact) mass is 252 g/mol. The average molecular weight is 252 g/mol. The van der Waals surface area contributed by atoms with Crippen LogP contribution in [-0.2, 0) is 4.74 Å². The van der Waals surface area contributed by atoms with E-state index in [1.165, 1.54) is 51.6 Å². The second kappa shape index (κ2) is 5.48. The van der Waals surface area contributed by atoms with Crippen LogP contribution in [0.3, 0.4) is 0 Å². The summed E-state index contributed by atoms with van der Waals surface area (Å²) in [5.74, 6) is 0. The molecule has 0 atom stereocenters. The van der Waals surface area contributed by atoms with E-state index in [-0.39, 0.29) is 0 Å². The van der Waals surface area contributed by atoms with E-state index in [0.717, 1.165) is 32.3 Å². The van der Waals surface area contributed by atoms with Crippen LogP contribution in [0.5, 0.6) is 0 Å². The normalized spacial score (nSPS) is 31.8. The van der Waals surface area contributed by atoms with Gasteiger partial charge < -0.3 is 9.64 Å². The zero-order valence-electron chi connectivity index (χ0n) is 11.9. The lowest BCUT2D eigenvalue weighted by molar-refractivity contribution is -0.0439. The molecule has 0 bridgehead atoms. The maximum atomic E-state index is 5.49. The van der Waals surface area contributed by atoms with Crippen LogP contribution in [0.1, 0.15) is 45.4 Å². The fourth-order valence-corrected chi connectivity index (χ4v) is 4.06. The SMILES string of the molecule is CC1(N2CCOCC2)CCN(C2CCCC2)CC1. The van der Waals surface area contributed by atoms with Gasteiger partial charge in [0.05, 0.1) is 13.2 Å². The lowest BCUT2D eigenvalue weighted by Gasteiger charge is -2.49. The minimum Gasteiger partial charge on any atom is -0.379 e. The van der Waals surface area contributed by atoms with Gasteiger partial charge in [-0.25, -0.2) is 0 Å². The van der Waals surface area contributed by atoms with E-state index in [9.17, 15) is 0 Å². The zero-order valence-corrected chi connectivity index (χ0v) is 11.9. The third-order valence-corrected chi connectivity index (χ3v) is 5.49. The highest BCUT2D eigenvalue weighted by Gasteiger charge is 2.38.